The maximum Gasteiger partial charge on any atom is 0.253 e. The first kappa shape index (κ1) is 20.8. The second-order valence-corrected chi connectivity index (χ2v) is 8.16. The van der Waals surface area contributed by atoms with Crippen molar-refractivity contribution in [2.75, 3.05) is 18.4 Å². The molecule has 4 rings (SSSR count). The first-order valence-corrected chi connectivity index (χ1v) is 10.6. The molecule has 1 aromatic carbocycles. The van der Waals surface area contributed by atoms with Crippen LogP contribution >= 0.6 is 0 Å². The molecule has 1 fully saturated rings. The van der Waals surface area contributed by atoms with Gasteiger partial charge in [-0.15, -0.1) is 0 Å². The standard InChI is InChI=1S/C24H27N5O2/c1-16-8-11-25-22(14-16)26-23(30)19-9-12-28(13-10-19)24(31)20-4-6-21(7-5-20)29-18(3)15-17(2)27-29/h4-8,11,14-15,19H,9-10,12-13H2,1-3H3,(H,25,26,30). The smallest absolute Gasteiger partial charge is 0.253 e. The van der Waals surface area contributed by atoms with Gasteiger partial charge in [0, 0.05) is 36.5 Å². The highest BCUT2D eigenvalue weighted by Gasteiger charge is 2.28. The largest absolute Gasteiger partial charge is 0.339 e. The van der Waals surface area contributed by atoms with Crippen molar-refractivity contribution < 1.29 is 9.59 Å². The van der Waals surface area contributed by atoms with Crippen molar-refractivity contribution >= 4 is 17.6 Å². The predicted molar refractivity (Wildman–Crippen MR) is 119 cm³/mol. The molecule has 0 aliphatic carbocycles. The van der Waals surface area contributed by atoms with Gasteiger partial charge in [-0.05, 0) is 81.6 Å². The first-order valence-electron chi connectivity index (χ1n) is 10.6. The van der Waals surface area contributed by atoms with Gasteiger partial charge in [0.25, 0.3) is 5.91 Å². The van der Waals surface area contributed by atoms with Crippen molar-refractivity contribution in [2.45, 2.75) is 33.6 Å². The third-order valence-corrected chi connectivity index (χ3v) is 5.69. The maximum absolute atomic E-state index is 12.9. The topological polar surface area (TPSA) is 80.1 Å². The third-order valence-electron chi connectivity index (χ3n) is 5.69. The molecule has 0 bridgehead atoms. The van der Waals surface area contributed by atoms with Crippen LogP contribution in [0, 0.1) is 26.7 Å². The number of rotatable bonds is 4. The van der Waals surface area contributed by atoms with Crippen molar-refractivity contribution in [3.8, 4) is 5.69 Å². The number of hydrogen-bond donors (Lipinski definition) is 1. The number of anilines is 1. The molecule has 0 saturated carbocycles. The molecule has 31 heavy (non-hydrogen) atoms. The minimum absolute atomic E-state index is 0.000809. The van der Waals surface area contributed by atoms with Gasteiger partial charge in [-0.3, -0.25) is 9.59 Å². The SMILES string of the molecule is Cc1ccnc(NC(=O)C2CCN(C(=O)c3ccc(-n4nc(C)cc4C)cc3)CC2)c1. The second kappa shape index (κ2) is 8.71. The van der Waals surface area contributed by atoms with Crippen LogP contribution in [0.4, 0.5) is 5.82 Å². The Hall–Kier alpha value is -3.48. The molecule has 160 valence electrons. The number of aryl methyl sites for hydroxylation is 3. The molecule has 0 atom stereocenters. The van der Waals surface area contributed by atoms with Crippen LogP contribution in [0.2, 0.25) is 0 Å². The number of amides is 2. The molecule has 7 nitrogen and oxygen atoms in total. The fourth-order valence-electron chi connectivity index (χ4n) is 4.00. The lowest BCUT2D eigenvalue weighted by molar-refractivity contribution is -0.121. The van der Waals surface area contributed by atoms with E-state index in [1.807, 2.05) is 72.8 Å². The van der Waals surface area contributed by atoms with Gasteiger partial charge in [-0.1, -0.05) is 0 Å². The summed E-state index contributed by atoms with van der Waals surface area (Å²) in [6.07, 6.45) is 2.98. The molecule has 0 radical (unpaired) electrons. The van der Waals surface area contributed by atoms with Crippen LogP contribution in [-0.2, 0) is 4.79 Å². The molecule has 2 aromatic heterocycles. The van der Waals surface area contributed by atoms with Crippen LogP contribution in [0.25, 0.3) is 5.69 Å². The highest BCUT2D eigenvalue weighted by molar-refractivity contribution is 5.95. The number of hydrogen-bond acceptors (Lipinski definition) is 4. The Morgan fingerprint density at radius 2 is 1.71 bits per heavy atom. The summed E-state index contributed by atoms with van der Waals surface area (Å²) >= 11 is 0. The number of pyridine rings is 1. The molecule has 3 heterocycles. The molecule has 0 spiro atoms. The van der Waals surface area contributed by atoms with E-state index in [0.717, 1.165) is 22.6 Å². The third kappa shape index (κ3) is 4.66. The lowest BCUT2D eigenvalue weighted by Gasteiger charge is -2.31. The summed E-state index contributed by atoms with van der Waals surface area (Å²) in [5, 5.41) is 7.38. The van der Waals surface area contributed by atoms with E-state index in [9.17, 15) is 9.59 Å². The molecule has 7 heteroatoms. The van der Waals surface area contributed by atoms with E-state index in [2.05, 4.69) is 15.4 Å². The Bertz CT molecular complexity index is 1100. The van der Waals surface area contributed by atoms with Crippen LogP contribution in [-0.4, -0.2) is 44.6 Å². The highest BCUT2D eigenvalue weighted by atomic mass is 16.2. The summed E-state index contributed by atoms with van der Waals surface area (Å²) in [5.41, 5.74) is 4.65. The monoisotopic (exact) mass is 417 g/mol. The molecule has 1 aliphatic heterocycles. The van der Waals surface area contributed by atoms with Gasteiger partial charge in [0.1, 0.15) is 5.82 Å². The fraction of sp³-hybridized carbons (Fsp3) is 0.333. The van der Waals surface area contributed by atoms with Gasteiger partial charge < -0.3 is 10.2 Å². The van der Waals surface area contributed by atoms with E-state index >= 15 is 0 Å². The number of aromatic nitrogens is 3. The van der Waals surface area contributed by atoms with E-state index in [4.69, 9.17) is 0 Å². The molecule has 1 N–H and O–H groups in total. The molecule has 3 aromatic rings. The van der Waals surface area contributed by atoms with E-state index in [1.165, 1.54) is 0 Å². The van der Waals surface area contributed by atoms with Gasteiger partial charge in [0.2, 0.25) is 5.91 Å². The Balaban J connectivity index is 1.34. The van der Waals surface area contributed by atoms with Gasteiger partial charge in [0.05, 0.1) is 11.4 Å². The van der Waals surface area contributed by atoms with Crippen LogP contribution in [0.1, 0.15) is 40.2 Å². The molecule has 1 aliphatic rings. The summed E-state index contributed by atoms with van der Waals surface area (Å²) in [5.74, 6) is 0.435. The van der Waals surface area contributed by atoms with Crippen LogP contribution in [0.15, 0.2) is 48.7 Å². The second-order valence-electron chi connectivity index (χ2n) is 8.16. The van der Waals surface area contributed by atoms with Gasteiger partial charge in [-0.2, -0.15) is 5.10 Å². The average Bonchev–Trinajstić information content (AvgIpc) is 3.11. The predicted octanol–water partition coefficient (Wildman–Crippen LogP) is 3.68. The molecule has 0 unspecified atom stereocenters. The zero-order valence-corrected chi connectivity index (χ0v) is 18.1. The fourth-order valence-corrected chi connectivity index (χ4v) is 4.00. The van der Waals surface area contributed by atoms with Crippen molar-refractivity contribution in [1.29, 1.82) is 0 Å². The summed E-state index contributed by atoms with van der Waals surface area (Å²) in [4.78, 5) is 31.5. The number of piperidine rings is 1. The van der Waals surface area contributed by atoms with Crippen molar-refractivity contribution in [3.63, 3.8) is 0 Å². The molecular formula is C24H27N5O2. The molecule has 2 amide bonds. The minimum Gasteiger partial charge on any atom is -0.339 e. The van der Waals surface area contributed by atoms with E-state index < -0.39 is 0 Å². The van der Waals surface area contributed by atoms with Gasteiger partial charge >= 0.3 is 0 Å². The Kier molecular flexibility index (Phi) is 5.84. The Morgan fingerprint density at radius 1 is 1.00 bits per heavy atom. The number of carbonyl (C=O) groups excluding carboxylic acids is 2. The highest BCUT2D eigenvalue weighted by Crippen LogP contribution is 2.21. The summed E-state index contributed by atoms with van der Waals surface area (Å²) in [6.45, 7) is 7.07. The number of nitrogens with one attached hydrogen (secondary N) is 1. The van der Waals surface area contributed by atoms with E-state index in [0.29, 0.717) is 37.3 Å². The van der Waals surface area contributed by atoms with E-state index in [-0.39, 0.29) is 17.7 Å². The van der Waals surface area contributed by atoms with Crippen molar-refractivity contribution in [2.24, 2.45) is 5.92 Å². The number of likely N-dealkylation sites (tertiary alicyclic amines) is 1. The molecule has 1 saturated heterocycles. The molecular weight excluding hydrogens is 390 g/mol. The number of nitrogens with zero attached hydrogens (tertiary/aromatic N) is 4. The maximum atomic E-state index is 12.9. The number of benzene rings is 1. The van der Waals surface area contributed by atoms with Crippen LogP contribution < -0.4 is 5.32 Å². The Morgan fingerprint density at radius 3 is 2.32 bits per heavy atom. The van der Waals surface area contributed by atoms with E-state index in [1.54, 1.807) is 6.20 Å². The van der Waals surface area contributed by atoms with Crippen molar-refractivity contribution in [1.82, 2.24) is 19.7 Å². The average molecular weight is 418 g/mol. The minimum atomic E-state index is -0.111. The van der Waals surface area contributed by atoms with Crippen LogP contribution in [0.3, 0.4) is 0 Å². The summed E-state index contributed by atoms with van der Waals surface area (Å²) < 4.78 is 1.87. The van der Waals surface area contributed by atoms with Crippen LogP contribution in [0.5, 0.6) is 0 Å². The zero-order valence-electron chi connectivity index (χ0n) is 18.1. The summed E-state index contributed by atoms with van der Waals surface area (Å²) in [7, 11) is 0. The summed E-state index contributed by atoms with van der Waals surface area (Å²) in [6, 6.07) is 13.3. The zero-order chi connectivity index (χ0) is 22.0. The quantitative estimate of drug-likeness (QED) is 0.702. The first-order chi connectivity index (χ1) is 14.9. The normalized spacial score (nSPS) is 14.5. The lowest BCUT2D eigenvalue weighted by Crippen LogP contribution is -2.41. The van der Waals surface area contributed by atoms with Gasteiger partial charge in [0.15, 0.2) is 0 Å². The lowest BCUT2D eigenvalue weighted by atomic mass is 9.95. The number of carbonyl (C=O) groups is 2. The van der Waals surface area contributed by atoms with Crippen molar-refractivity contribution in [3.05, 3.63) is 71.2 Å². The Labute approximate surface area is 182 Å². The van der Waals surface area contributed by atoms with Gasteiger partial charge in [-0.25, -0.2) is 9.67 Å².